The number of nitrogen functional groups attached to an aromatic ring is 1. The average Bonchev–Trinajstić information content (AvgIpc) is 3.59. The van der Waals surface area contributed by atoms with Crippen LogP contribution >= 0.6 is 0 Å². The van der Waals surface area contributed by atoms with Gasteiger partial charge in [0.25, 0.3) is 5.91 Å². The molecule has 5 N–H and O–H groups in total. The molecule has 0 aliphatic carbocycles. The minimum Gasteiger partial charge on any atom is -0.399 e. The molecule has 0 bridgehead atoms. The number of amides is 5. The Balaban J connectivity index is 2.24. The fourth-order valence-corrected chi connectivity index (χ4v) is 8.01. The fourth-order valence-electron chi connectivity index (χ4n) is 7.51. The van der Waals surface area contributed by atoms with Crippen molar-refractivity contribution < 1.29 is 41.9 Å². The number of carbonyl (C=O) groups excluding carboxylic acids is 5. The molecule has 55 heavy (non-hydrogen) atoms. The van der Waals surface area contributed by atoms with Crippen LogP contribution in [0.25, 0.3) is 0 Å². The topological polar surface area (TPSA) is 210 Å². The molecule has 0 radical (unpaired) electrons. The van der Waals surface area contributed by atoms with Crippen molar-refractivity contribution in [3.05, 3.63) is 29.8 Å². The van der Waals surface area contributed by atoms with Gasteiger partial charge >= 0.3 is 0 Å². The van der Waals surface area contributed by atoms with Crippen molar-refractivity contribution in [3.63, 3.8) is 0 Å². The van der Waals surface area contributed by atoms with E-state index in [4.69, 9.17) is 15.2 Å². The van der Waals surface area contributed by atoms with Crippen molar-refractivity contribution in [2.75, 3.05) is 60.4 Å². The first-order valence-electron chi connectivity index (χ1n) is 18.9. The second-order valence-corrected chi connectivity index (χ2v) is 17.0. The summed E-state index contributed by atoms with van der Waals surface area (Å²) in [5.41, 5.74) is 6.95. The molecular weight excluding hydrogens is 731 g/mol. The van der Waals surface area contributed by atoms with Crippen molar-refractivity contribution >= 4 is 45.2 Å². The molecule has 8 atom stereocenters. The second-order valence-electron chi connectivity index (χ2n) is 15.3. The van der Waals surface area contributed by atoms with Crippen LogP contribution in [0.5, 0.6) is 0 Å². The van der Waals surface area contributed by atoms with Crippen LogP contribution < -0.4 is 21.1 Å². The number of nitrogens with zero attached hydrogens (tertiary/aromatic N) is 3. The van der Waals surface area contributed by atoms with Crippen LogP contribution in [0.3, 0.4) is 0 Å². The summed E-state index contributed by atoms with van der Waals surface area (Å²) in [7, 11) is 4.33. The first kappa shape index (κ1) is 47.4. The number of rotatable bonds is 21. The summed E-state index contributed by atoms with van der Waals surface area (Å²) in [6, 6.07) is 4.04. The smallest absolute Gasteiger partial charge is 0.256 e. The Labute approximate surface area is 327 Å². The summed E-state index contributed by atoms with van der Waals surface area (Å²) in [5.74, 6) is -3.11. The number of benzene rings is 1. The van der Waals surface area contributed by atoms with Crippen molar-refractivity contribution in [3.8, 4) is 0 Å². The Bertz CT molecular complexity index is 1550. The molecule has 1 heterocycles. The molecule has 5 amide bonds. The lowest BCUT2D eigenvalue weighted by molar-refractivity contribution is -0.146. The van der Waals surface area contributed by atoms with Gasteiger partial charge in [0.15, 0.2) is 0 Å². The molecule has 17 heteroatoms. The highest BCUT2D eigenvalue weighted by Crippen LogP contribution is 2.29. The number of anilines is 1. The van der Waals surface area contributed by atoms with E-state index < -0.39 is 64.1 Å². The van der Waals surface area contributed by atoms with Crippen LogP contribution in [-0.2, 0) is 49.9 Å². The first-order chi connectivity index (χ1) is 25.7. The van der Waals surface area contributed by atoms with Crippen LogP contribution in [0.2, 0.25) is 0 Å². The van der Waals surface area contributed by atoms with Gasteiger partial charge in [-0.2, -0.15) is 0 Å². The number of carbonyl (C=O) groups is 5. The lowest BCUT2D eigenvalue weighted by Crippen LogP contribution is -2.56. The summed E-state index contributed by atoms with van der Waals surface area (Å²) in [6.07, 6.45) is 1.28. The number of ether oxygens (including phenoxy) is 2. The van der Waals surface area contributed by atoms with Gasteiger partial charge in [-0.1, -0.05) is 53.2 Å². The van der Waals surface area contributed by atoms with E-state index in [0.29, 0.717) is 37.1 Å². The normalized spacial score (nSPS) is 18.5. The highest BCUT2D eigenvalue weighted by molar-refractivity contribution is 7.89. The first-order valence-corrected chi connectivity index (χ1v) is 20.8. The lowest BCUT2D eigenvalue weighted by atomic mass is 9.90. The SMILES string of the molecule is CCC(C)C(C(CC(=O)N1CCCC1C(OC)C(C)C(=O)NC(Cc1ccc(N)cc1)C(=O)NS(C)(=O)=O)OC)N(C)C(=O)CNC(=O)C(C(C)C)N(C)C. The monoisotopic (exact) mass is 795 g/mol. The number of hydrogen-bond acceptors (Lipinski definition) is 11. The van der Waals surface area contributed by atoms with E-state index in [-0.39, 0.29) is 48.9 Å². The van der Waals surface area contributed by atoms with Gasteiger partial charge in [0, 0.05) is 39.9 Å². The third-order valence-corrected chi connectivity index (χ3v) is 11.1. The molecule has 2 rings (SSSR count). The number of sulfonamides is 1. The van der Waals surface area contributed by atoms with Gasteiger partial charge in [0.1, 0.15) is 6.04 Å². The zero-order valence-electron chi connectivity index (χ0n) is 34.5. The minimum atomic E-state index is -3.92. The largest absolute Gasteiger partial charge is 0.399 e. The molecule has 1 aliphatic rings. The van der Waals surface area contributed by atoms with E-state index in [2.05, 4.69) is 10.6 Å². The molecule has 0 spiro atoms. The predicted octanol–water partition coefficient (Wildman–Crippen LogP) is 0.995. The molecule has 8 unspecified atom stereocenters. The van der Waals surface area contributed by atoms with Gasteiger partial charge < -0.3 is 35.6 Å². The Morgan fingerprint density at radius 2 is 1.58 bits per heavy atom. The molecule has 0 aromatic heterocycles. The van der Waals surface area contributed by atoms with Gasteiger partial charge in [-0.3, -0.25) is 33.6 Å². The number of likely N-dealkylation sites (N-methyl/N-ethyl adjacent to an activating group) is 2. The number of methoxy groups -OCH3 is 2. The summed E-state index contributed by atoms with van der Waals surface area (Å²) in [4.78, 5) is 72.4. The maximum Gasteiger partial charge on any atom is 0.256 e. The van der Waals surface area contributed by atoms with Gasteiger partial charge in [-0.15, -0.1) is 0 Å². The zero-order chi connectivity index (χ0) is 41.8. The third kappa shape index (κ3) is 13.7. The number of nitrogens with two attached hydrogens (primary N) is 1. The predicted molar refractivity (Wildman–Crippen MR) is 211 cm³/mol. The van der Waals surface area contributed by atoms with Gasteiger partial charge in [-0.05, 0) is 56.5 Å². The fraction of sp³-hybridized carbons (Fsp3) is 0.711. The molecule has 0 saturated carbocycles. The maximum absolute atomic E-state index is 14.1. The van der Waals surface area contributed by atoms with E-state index in [1.165, 1.54) is 14.2 Å². The highest BCUT2D eigenvalue weighted by atomic mass is 32.2. The summed E-state index contributed by atoms with van der Waals surface area (Å²) in [6.45, 7) is 9.72. The lowest BCUT2D eigenvalue weighted by Gasteiger charge is -2.39. The highest BCUT2D eigenvalue weighted by Gasteiger charge is 2.42. The quantitative estimate of drug-likeness (QED) is 0.129. The summed E-state index contributed by atoms with van der Waals surface area (Å²) < 4.78 is 37.5. The molecule has 312 valence electrons. The van der Waals surface area contributed by atoms with E-state index in [9.17, 15) is 32.4 Å². The number of nitrogens with one attached hydrogen (secondary N) is 3. The minimum absolute atomic E-state index is 0.000591. The van der Waals surface area contributed by atoms with Crippen molar-refractivity contribution in [2.45, 2.75) is 103 Å². The van der Waals surface area contributed by atoms with Crippen molar-refractivity contribution in [1.29, 1.82) is 0 Å². The Morgan fingerprint density at radius 3 is 2.09 bits per heavy atom. The van der Waals surface area contributed by atoms with Crippen LogP contribution in [0.15, 0.2) is 24.3 Å². The van der Waals surface area contributed by atoms with Gasteiger partial charge in [-0.25, -0.2) is 8.42 Å². The van der Waals surface area contributed by atoms with E-state index in [1.54, 1.807) is 48.0 Å². The van der Waals surface area contributed by atoms with Crippen LogP contribution in [0, 0.1) is 17.8 Å². The van der Waals surface area contributed by atoms with Crippen LogP contribution in [0.4, 0.5) is 5.69 Å². The van der Waals surface area contributed by atoms with Crippen LogP contribution in [-0.4, -0.2) is 144 Å². The summed E-state index contributed by atoms with van der Waals surface area (Å²) >= 11 is 0. The Morgan fingerprint density at radius 1 is 0.964 bits per heavy atom. The molecule has 1 saturated heterocycles. The van der Waals surface area contributed by atoms with Crippen molar-refractivity contribution in [2.24, 2.45) is 17.8 Å². The molecular formula is C38H65N7O9S. The van der Waals surface area contributed by atoms with Crippen LogP contribution in [0.1, 0.15) is 65.9 Å². The number of hydrogen-bond donors (Lipinski definition) is 4. The molecule has 1 aliphatic heterocycles. The average molecular weight is 796 g/mol. The van der Waals surface area contributed by atoms with E-state index >= 15 is 0 Å². The number of likely N-dealkylation sites (tertiary alicyclic amines) is 1. The van der Waals surface area contributed by atoms with Crippen molar-refractivity contribution in [1.82, 2.24) is 30.1 Å². The molecule has 16 nitrogen and oxygen atoms in total. The van der Waals surface area contributed by atoms with Gasteiger partial charge in [0.05, 0.1) is 55.5 Å². The Hall–Kier alpha value is -3.80. The second kappa shape index (κ2) is 21.5. The maximum atomic E-state index is 14.1. The van der Waals surface area contributed by atoms with E-state index in [1.807, 2.05) is 51.4 Å². The molecule has 1 aromatic carbocycles. The summed E-state index contributed by atoms with van der Waals surface area (Å²) in [5, 5.41) is 5.48. The van der Waals surface area contributed by atoms with Gasteiger partial charge in [0.2, 0.25) is 33.7 Å². The Kier molecular flexibility index (Phi) is 18.5. The molecule has 1 fully saturated rings. The van der Waals surface area contributed by atoms with E-state index in [0.717, 1.165) is 6.26 Å². The zero-order valence-corrected chi connectivity index (χ0v) is 35.3. The molecule has 1 aromatic rings. The standard InChI is InChI=1S/C38H65N7O9S/c1-12-24(4)34(44(8)32(47)22-40-38(50)33(23(2)3)43(6)7)30(53-9)21-31(46)45-19-13-14-29(45)35(54-10)25(5)36(48)41-28(37(49)42-55(11,51)52)20-26-15-17-27(39)18-16-26/h15-18,23-25,28-30,33-35H,12-14,19-22,39H2,1-11H3,(H,40,50)(H,41,48)(H,42,49). The third-order valence-electron chi connectivity index (χ3n) is 10.5.